The van der Waals surface area contributed by atoms with Gasteiger partial charge in [0.15, 0.2) is 0 Å². The molecule has 2 heterocycles. The minimum atomic E-state index is -0.853. The predicted molar refractivity (Wildman–Crippen MR) is 142 cm³/mol. The number of carboxylic acid groups (broad SMARTS) is 1. The molecule has 0 spiro atoms. The van der Waals surface area contributed by atoms with E-state index in [0.29, 0.717) is 58.8 Å². The molecule has 2 aromatic carbocycles. The first-order chi connectivity index (χ1) is 18.2. The van der Waals surface area contributed by atoms with Gasteiger partial charge in [0.2, 0.25) is 0 Å². The second kappa shape index (κ2) is 12.8. The van der Waals surface area contributed by atoms with E-state index < -0.39 is 29.5 Å². The third-order valence-electron chi connectivity index (χ3n) is 7.21. The maximum absolute atomic E-state index is 14.8. The maximum atomic E-state index is 14.8. The van der Waals surface area contributed by atoms with Gasteiger partial charge in [0, 0.05) is 53.2 Å². The Balaban J connectivity index is 1.37. The zero-order chi connectivity index (χ0) is 27.2. The molecule has 10 heteroatoms. The van der Waals surface area contributed by atoms with Gasteiger partial charge in [-0.15, -0.1) is 11.8 Å². The number of benzene rings is 2. The number of nitrogens with zero attached hydrogens (tertiary/aromatic N) is 2. The molecule has 3 aromatic rings. The zero-order valence-corrected chi connectivity index (χ0v) is 22.0. The summed E-state index contributed by atoms with van der Waals surface area (Å²) in [4.78, 5) is 18.5. The van der Waals surface area contributed by atoms with Crippen molar-refractivity contribution < 1.29 is 27.8 Å². The summed E-state index contributed by atoms with van der Waals surface area (Å²) in [5.41, 5.74) is 7.52. The van der Waals surface area contributed by atoms with Crippen LogP contribution in [0.1, 0.15) is 37.3 Å². The summed E-state index contributed by atoms with van der Waals surface area (Å²) in [7, 11) is 1.54. The lowest BCUT2D eigenvalue weighted by Crippen LogP contribution is -2.42. The van der Waals surface area contributed by atoms with Gasteiger partial charge in [-0.1, -0.05) is 0 Å². The van der Waals surface area contributed by atoms with Crippen molar-refractivity contribution in [3.63, 3.8) is 0 Å². The highest BCUT2D eigenvalue weighted by Crippen LogP contribution is 2.35. The number of ether oxygens (including phenoxy) is 1. The van der Waals surface area contributed by atoms with E-state index in [1.165, 1.54) is 30.1 Å². The number of carbonyl (C=O) groups is 1. The van der Waals surface area contributed by atoms with E-state index in [4.69, 9.17) is 10.5 Å². The molecule has 0 amide bonds. The molecular weight excluding hydrogens is 515 g/mol. The fraction of sp³-hybridized carbons (Fsp3) is 0.429. The van der Waals surface area contributed by atoms with Crippen LogP contribution >= 0.6 is 11.8 Å². The summed E-state index contributed by atoms with van der Waals surface area (Å²) < 4.78 is 47.0. The van der Waals surface area contributed by atoms with E-state index in [2.05, 4.69) is 9.88 Å². The molecule has 1 aliphatic rings. The average molecular weight is 548 g/mol. The van der Waals surface area contributed by atoms with E-state index >= 15 is 0 Å². The van der Waals surface area contributed by atoms with Gasteiger partial charge in [-0.3, -0.25) is 9.78 Å². The van der Waals surface area contributed by atoms with Crippen molar-refractivity contribution in [3.05, 3.63) is 65.6 Å². The number of aromatic nitrogens is 1. The molecule has 0 aliphatic carbocycles. The SMILES string of the molecule is COc1ccc2ncc(F)c([C@H](N)CCC3CCN(CCSc4cc(F)cc(F)c4)CC3CC(=O)O)c2c1. The van der Waals surface area contributed by atoms with Crippen LogP contribution in [0.3, 0.4) is 0 Å². The fourth-order valence-corrected chi connectivity index (χ4v) is 6.29. The standard InChI is InChI=1S/C28H32F3N3O3S/c1-37-21-3-5-26-23(14-21)28(24(31)15-33-26)25(32)4-2-17-6-7-34(16-18(17)10-27(35)36)8-9-38-22-12-19(29)11-20(30)13-22/h3,5,11-15,17-18,25H,2,4,6-10,16,32H2,1H3,(H,35,36)/t17?,18?,25-/m1/s1. The molecule has 1 aromatic heterocycles. The fourth-order valence-electron chi connectivity index (χ4n) is 5.31. The third kappa shape index (κ3) is 7.18. The van der Waals surface area contributed by atoms with Crippen LogP contribution in [0.2, 0.25) is 0 Å². The molecular formula is C28H32F3N3O3S. The number of likely N-dealkylation sites (tertiary alicyclic amines) is 1. The van der Waals surface area contributed by atoms with Gasteiger partial charge in [0.25, 0.3) is 0 Å². The number of methoxy groups -OCH3 is 1. The van der Waals surface area contributed by atoms with Crippen molar-refractivity contribution in [3.8, 4) is 5.75 Å². The van der Waals surface area contributed by atoms with Crippen LogP contribution in [-0.4, -0.2) is 53.5 Å². The van der Waals surface area contributed by atoms with Crippen molar-refractivity contribution in [2.24, 2.45) is 17.6 Å². The van der Waals surface area contributed by atoms with Crippen LogP contribution in [0, 0.1) is 29.3 Å². The topological polar surface area (TPSA) is 88.7 Å². The number of nitrogens with two attached hydrogens (primary N) is 1. The third-order valence-corrected chi connectivity index (χ3v) is 8.17. The number of thioether (sulfide) groups is 1. The number of piperidine rings is 1. The Morgan fingerprint density at radius 1 is 1.21 bits per heavy atom. The molecule has 0 bridgehead atoms. The quantitative estimate of drug-likeness (QED) is 0.300. The van der Waals surface area contributed by atoms with Gasteiger partial charge >= 0.3 is 5.97 Å². The van der Waals surface area contributed by atoms with E-state index in [1.807, 2.05) is 0 Å². The van der Waals surface area contributed by atoms with Crippen LogP contribution in [0.4, 0.5) is 13.2 Å². The number of hydrogen-bond acceptors (Lipinski definition) is 6. The van der Waals surface area contributed by atoms with Crippen LogP contribution in [-0.2, 0) is 4.79 Å². The van der Waals surface area contributed by atoms with Gasteiger partial charge in [-0.2, -0.15) is 0 Å². The van der Waals surface area contributed by atoms with Crippen molar-refractivity contribution in [2.45, 2.75) is 36.6 Å². The first kappa shape index (κ1) is 28.2. The Morgan fingerprint density at radius 2 is 1.97 bits per heavy atom. The summed E-state index contributed by atoms with van der Waals surface area (Å²) in [5.74, 6) is -1.23. The van der Waals surface area contributed by atoms with Crippen molar-refractivity contribution in [1.29, 1.82) is 0 Å². The number of fused-ring (bicyclic) bond motifs is 1. The summed E-state index contributed by atoms with van der Waals surface area (Å²) in [6.45, 7) is 2.09. The van der Waals surface area contributed by atoms with Crippen LogP contribution in [0.15, 0.2) is 47.5 Å². The average Bonchev–Trinajstić information content (AvgIpc) is 2.86. The molecule has 1 fully saturated rings. The van der Waals surface area contributed by atoms with Crippen molar-refractivity contribution in [2.75, 3.05) is 32.5 Å². The molecule has 1 saturated heterocycles. The molecule has 38 heavy (non-hydrogen) atoms. The summed E-state index contributed by atoms with van der Waals surface area (Å²) in [5, 5.41) is 10.1. The Morgan fingerprint density at radius 3 is 2.68 bits per heavy atom. The minimum Gasteiger partial charge on any atom is -0.497 e. The molecule has 204 valence electrons. The normalized spacial score (nSPS) is 19.0. The number of carboxylic acids is 1. The Kier molecular flexibility index (Phi) is 9.51. The van der Waals surface area contributed by atoms with Crippen LogP contribution < -0.4 is 10.5 Å². The van der Waals surface area contributed by atoms with Crippen molar-refractivity contribution in [1.82, 2.24) is 9.88 Å². The molecule has 4 rings (SSSR count). The molecule has 1 aliphatic heterocycles. The van der Waals surface area contributed by atoms with Gasteiger partial charge in [0.05, 0.1) is 18.8 Å². The van der Waals surface area contributed by atoms with Gasteiger partial charge in [0.1, 0.15) is 23.2 Å². The van der Waals surface area contributed by atoms with Crippen molar-refractivity contribution >= 4 is 28.6 Å². The summed E-state index contributed by atoms with van der Waals surface area (Å²) in [6, 6.07) is 8.16. The van der Waals surface area contributed by atoms with Gasteiger partial charge in [-0.05, 0) is 68.0 Å². The number of rotatable bonds is 11. The van der Waals surface area contributed by atoms with E-state index in [1.54, 1.807) is 25.3 Å². The van der Waals surface area contributed by atoms with Crippen LogP contribution in [0.25, 0.3) is 10.9 Å². The van der Waals surface area contributed by atoms with E-state index in [-0.39, 0.29) is 18.3 Å². The Bertz CT molecular complexity index is 1260. The number of aliphatic carboxylic acids is 1. The second-order valence-corrected chi connectivity index (χ2v) is 10.9. The Hall–Kier alpha value is -2.82. The number of halogens is 3. The summed E-state index contributed by atoms with van der Waals surface area (Å²) >= 11 is 1.37. The minimum absolute atomic E-state index is 0.0441. The van der Waals surface area contributed by atoms with E-state index in [9.17, 15) is 23.1 Å². The molecule has 0 radical (unpaired) electrons. The number of hydrogen-bond donors (Lipinski definition) is 2. The van der Waals surface area contributed by atoms with Gasteiger partial charge in [-0.25, -0.2) is 13.2 Å². The van der Waals surface area contributed by atoms with Crippen LogP contribution in [0.5, 0.6) is 5.75 Å². The molecule has 2 unspecified atom stereocenters. The largest absolute Gasteiger partial charge is 0.497 e. The maximum Gasteiger partial charge on any atom is 0.303 e. The highest BCUT2D eigenvalue weighted by molar-refractivity contribution is 7.99. The lowest BCUT2D eigenvalue weighted by molar-refractivity contribution is -0.139. The lowest BCUT2D eigenvalue weighted by atomic mass is 9.79. The highest BCUT2D eigenvalue weighted by atomic mass is 32.2. The number of pyridine rings is 1. The monoisotopic (exact) mass is 547 g/mol. The molecule has 0 saturated carbocycles. The molecule has 3 atom stereocenters. The second-order valence-electron chi connectivity index (χ2n) is 9.75. The summed E-state index contributed by atoms with van der Waals surface area (Å²) in [6.07, 6.45) is 3.22. The molecule has 6 nitrogen and oxygen atoms in total. The Labute approximate surface area is 224 Å². The molecule has 3 N–H and O–H groups in total. The first-order valence-corrected chi connectivity index (χ1v) is 13.6. The lowest BCUT2D eigenvalue weighted by Gasteiger charge is -2.38. The smallest absolute Gasteiger partial charge is 0.303 e. The van der Waals surface area contributed by atoms with E-state index in [0.717, 1.165) is 19.0 Å². The highest BCUT2D eigenvalue weighted by Gasteiger charge is 2.31. The zero-order valence-electron chi connectivity index (χ0n) is 21.2. The predicted octanol–water partition coefficient (Wildman–Crippen LogP) is 5.65. The first-order valence-electron chi connectivity index (χ1n) is 12.6. The van der Waals surface area contributed by atoms with Gasteiger partial charge < -0.3 is 20.5 Å².